The normalized spacial score (nSPS) is 13.6. The highest BCUT2D eigenvalue weighted by Gasteiger charge is 2.47. The van der Waals surface area contributed by atoms with Crippen molar-refractivity contribution >= 4 is 17.1 Å². The van der Waals surface area contributed by atoms with Gasteiger partial charge in [-0.2, -0.15) is 0 Å². The van der Waals surface area contributed by atoms with Crippen LogP contribution in [0.3, 0.4) is 0 Å². The number of fused-ring (bicyclic) bond motifs is 6. The molecule has 0 aliphatic heterocycles. The fourth-order valence-corrected chi connectivity index (χ4v) is 11.3. The van der Waals surface area contributed by atoms with Crippen LogP contribution in [0, 0.1) is 6.92 Å². The highest BCUT2D eigenvalue weighted by atomic mass is 15.1. The van der Waals surface area contributed by atoms with Crippen molar-refractivity contribution in [3.05, 3.63) is 305 Å². The van der Waals surface area contributed by atoms with Crippen LogP contribution in [0.1, 0.15) is 50.1 Å². The maximum atomic E-state index is 2.48. The van der Waals surface area contributed by atoms with Crippen molar-refractivity contribution in [3.8, 4) is 33.4 Å². The van der Waals surface area contributed by atoms with Gasteiger partial charge in [0.1, 0.15) is 0 Å². The number of hydrogen-bond donors (Lipinski definition) is 0. The summed E-state index contributed by atoms with van der Waals surface area (Å²) >= 11 is 0. The third kappa shape index (κ3) is 5.57. The number of anilines is 3. The van der Waals surface area contributed by atoms with Crippen molar-refractivity contribution in [2.75, 3.05) is 4.90 Å². The van der Waals surface area contributed by atoms with Crippen LogP contribution in [0.15, 0.2) is 255 Å². The van der Waals surface area contributed by atoms with Crippen molar-refractivity contribution in [1.29, 1.82) is 0 Å². The molecule has 10 aromatic carbocycles. The van der Waals surface area contributed by atoms with Crippen LogP contribution in [0.5, 0.6) is 0 Å². The van der Waals surface area contributed by atoms with Gasteiger partial charge in [0.25, 0.3) is 0 Å². The molecule has 1 heteroatoms. The van der Waals surface area contributed by atoms with Gasteiger partial charge < -0.3 is 4.90 Å². The molecule has 12 rings (SSSR count). The van der Waals surface area contributed by atoms with E-state index in [-0.39, 0.29) is 0 Å². The van der Waals surface area contributed by atoms with Gasteiger partial charge >= 0.3 is 0 Å². The number of hydrogen-bond acceptors (Lipinski definition) is 1. The van der Waals surface area contributed by atoms with Gasteiger partial charge in [-0.05, 0) is 127 Å². The van der Waals surface area contributed by atoms with E-state index >= 15 is 0 Å². The molecule has 0 saturated carbocycles. The Hall–Kier alpha value is -8.00. The fraction of sp³-hybridized carbons (Fsp3) is 0.0476. The Morgan fingerprint density at radius 1 is 0.281 bits per heavy atom. The van der Waals surface area contributed by atoms with E-state index in [9.17, 15) is 0 Å². The number of benzene rings is 10. The minimum absolute atomic E-state index is 0.477. The molecular formula is C63H45N. The summed E-state index contributed by atoms with van der Waals surface area (Å²) in [6, 6.07) is 94.4. The van der Waals surface area contributed by atoms with Gasteiger partial charge in [0, 0.05) is 17.1 Å². The molecule has 0 atom stereocenters. The SMILES string of the molecule is Cc1cc(-c2ccccc2)ccc1N(c1ccc(C2(c3ccccc3)c3ccccc3-c3ccccc32)cc1)c1ccc2c(c1)C(c1ccccc1)(c1ccccc1)c1ccccc1-2. The molecule has 1 nitrogen and oxygen atoms in total. The molecule has 0 spiro atoms. The summed E-state index contributed by atoms with van der Waals surface area (Å²) in [5.41, 5.74) is 21.3. The van der Waals surface area contributed by atoms with E-state index < -0.39 is 10.8 Å². The molecule has 0 N–H and O–H groups in total. The smallest absolute Gasteiger partial charge is 0.0714 e. The van der Waals surface area contributed by atoms with Crippen LogP contribution in [0.4, 0.5) is 17.1 Å². The summed E-state index contributed by atoms with van der Waals surface area (Å²) in [7, 11) is 0. The topological polar surface area (TPSA) is 3.24 Å². The van der Waals surface area contributed by atoms with Crippen molar-refractivity contribution in [2.45, 2.75) is 17.8 Å². The monoisotopic (exact) mass is 815 g/mol. The van der Waals surface area contributed by atoms with Crippen molar-refractivity contribution in [1.82, 2.24) is 0 Å². The third-order valence-electron chi connectivity index (χ3n) is 14.0. The van der Waals surface area contributed by atoms with Gasteiger partial charge in [0.2, 0.25) is 0 Å². The summed E-state index contributed by atoms with van der Waals surface area (Å²) in [5, 5.41) is 0. The summed E-state index contributed by atoms with van der Waals surface area (Å²) in [6.45, 7) is 2.25. The Labute approximate surface area is 376 Å². The van der Waals surface area contributed by atoms with Crippen LogP contribution >= 0.6 is 0 Å². The van der Waals surface area contributed by atoms with E-state index in [1.54, 1.807) is 0 Å². The molecular weight excluding hydrogens is 771 g/mol. The number of nitrogens with zero attached hydrogens (tertiary/aromatic N) is 1. The highest BCUT2D eigenvalue weighted by molar-refractivity contribution is 5.91. The van der Waals surface area contributed by atoms with Crippen LogP contribution < -0.4 is 4.90 Å². The van der Waals surface area contributed by atoms with Gasteiger partial charge in [0.15, 0.2) is 0 Å². The fourth-order valence-electron chi connectivity index (χ4n) is 11.3. The predicted molar refractivity (Wildman–Crippen MR) is 266 cm³/mol. The molecule has 0 heterocycles. The van der Waals surface area contributed by atoms with Crippen LogP contribution in [-0.2, 0) is 10.8 Å². The second-order valence-corrected chi connectivity index (χ2v) is 17.2. The zero-order chi connectivity index (χ0) is 42.7. The Balaban J connectivity index is 1.09. The highest BCUT2D eigenvalue weighted by Crippen LogP contribution is 2.59. The van der Waals surface area contributed by atoms with Gasteiger partial charge in [-0.25, -0.2) is 0 Å². The lowest BCUT2D eigenvalue weighted by Crippen LogP contribution is -2.29. The lowest BCUT2D eigenvalue weighted by molar-refractivity contribution is 0.768. The van der Waals surface area contributed by atoms with Gasteiger partial charge in [-0.15, -0.1) is 0 Å². The second-order valence-electron chi connectivity index (χ2n) is 17.2. The maximum absolute atomic E-state index is 2.48. The van der Waals surface area contributed by atoms with Gasteiger partial charge in [-0.1, -0.05) is 218 Å². The summed E-state index contributed by atoms with van der Waals surface area (Å²) in [5.74, 6) is 0. The maximum Gasteiger partial charge on any atom is 0.0714 e. The van der Waals surface area contributed by atoms with Gasteiger partial charge in [-0.3, -0.25) is 0 Å². The van der Waals surface area contributed by atoms with E-state index in [2.05, 4.69) is 267 Å². The average molecular weight is 816 g/mol. The Morgan fingerprint density at radius 3 is 1.16 bits per heavy atom. The van der Waals surface area contributed by atoms with Crippen molar-refractivity contribution < 1.29 is 0 Å². The predicted octanol–water partition coefficient (Wildman–Crippen LogP) is 15.9. The zero-order valence-electron chi connectivity index (χ0n) is 35.7. The largest absolute Gasteiger partial charge is 0.310 e. The molecule has 10 aromatic rings. The van der Waals surface area contributed by atoms with E-state index in [1.165, 1.54) is 83.5 Å². The molecule has 2 aliphatic carbocycles. The summed E-state index contributed by atoms with van der Waals surface area (Å²) in [4.78, 5) is 2.48. The first-order chi connectivity index (χ1) is 31.7. The molecule has 0 aromatic heterocycles. The lowest BCUT2D eigenvalue weighted by atomic mass is 9.67. The number of rotatable bonds is 8. The van der Waals surface area contributed by atoms with E-state index in [1.807, 2.05) is 0 Å². The molecule has 0 fully saturated rings. The molecule has 64 heavy (non-hydrogen) atoms. The standard InChI is InChI=1S/C63H45N/c1-44-42-46(45-20-6-2-7-21-45)34-41-61(44)64(51-37-35-50(36-38-51)62(47-22-8-3-9-23-47)57-31-17-14-28-53(57)54-29-15-18-32-58(54)62)52-39-40-56-55-30-16-19-33-59(55)63(60(56)43-52,48-24-10-4-11-25-48)49-26-12-5-13-27-49/h2-43H,1H3. The summed E-state index contributed by atoms with van der Waals surface area (Å²) < 4.78 is 0. The molecule has 2 aliphatic rings. The molecule has 0 amide bonds. The Morgan fingerprint density at radius 2 is 0.672 bits per heavy atom. The minimum atomic E-state index is -0.516. The van der Waals surface area contributed by atoms with Crippen LogP contribution in [0.25, 0.3) is 33.4 Å². The van der Waals surface area contributed by atoms with Crippen LogP contribution in [-0.4, -0.2) is 0 Å². The second kappa shape index (κ2) is 15.1. The van der Waals surface area contributed by atoms with Crippen molar-refractivity contribution in [3.63, 3.8) is 0 Å². The minimum Gasteiger partial charge on any atom is -0.310 e. The molecule has 302 valence electrons. The van der Waals surface area contributed by atoms with Gasteiger partial charge in [0.05, 0.1) is 10.8 Å². The first kappa shape index (κ1) is 37.7. The average Bonchev–Trinajstić information content (AvgIpc) is 3.84. The Kier molecular flexibility index (Phi) is 8.91. The first-order valence-electron chi connectivity index (χ1n) is 22.3. The zero-order valence-corrected chi connectivity index (χ0v) is 35.7. The van der Waals surface area contributed by atoms with E-state index in [0.717, 1.165) is 17.1 Å². The quantitative estimate of drug-likeness (QED) is 0.148. The van der Waals surface area contributed by atoms with E-state index in [4.69, 9.17) is 0 Å². The summed E-state index contributed by atoms with van der Waals surface area (Å²) in [6.07, 6.45) is 0. The lowest BCUT2D eigenvalue weighted by Gasteiger charge is -2.35. The first-order valence-corrected chi connectivity index (χ1v) is 22.3. The molecule has 0 bridgehead atoms. The van der Waals surface area contributed by atoms with E-state index in [0.29, 0.717) is 0 Å². The number of aryl methyl sites for hydroxylation is 1. The third-order valence-corrected chi connectivity index (χ3v) is 14.0. The molecule has 0 unspecified atom stereocenters. The Bertz CT molecular complexity index is 3230. The molecule has 0 radical (unpaired) electrons. The van der Waals surface area contributed by atoms with Crippen molar-refractivity contribution in [2.24, 2.45) is 0 Å². The molecule has 0 saturated heterocycles. The van der Waals surface area contributed by atoms with Crippen LogP contribution in [0.2, 0.25) is 0 Å².